The van der Waals surface area contributed by atoms with Gasteiger partial charge >= 0.3 is 0 Å². The maximum absolute atomic E-state index is 6.40. The molecule has 0 unspecified atom stereocenters. The van der Waals surface area contributed by atoms with Crippen LogP contribution in [0, 0.1) is 0 Å². The molecule has 0 fully saturated rings. The first kappa shape index (κ1) is 35.2. The normalized spacial score (nSPS) is 11.3. The average molecular weight is 766 g/mol. The molecule has 282 valence electrons. The smallest absolute Gasteiger partial charge is 0.137 e. The predicted molar refractivity (Wildman–Crippen MR) is 253 cm³/mol. The monoisotopic (exact) mass is 765 g/mol. The Morgan fingerprint density at radius 1 is 0.267 bits per heavy atom. The quantitative estimate of drug-likeness (QED) is 0.153. The van der Waals surface area contributed by atoms with E-state index in [0.29, 0.717) is 0 Å². The summed E-state index contributed by atoms with van der Waals surface area (Å²) < 4.78 is 6.40. The van der Waals surface area contributed by atoms with Gasteiger partial charge in [-0.1, -0.05) is 188 Å². The van der Waals surface area contributed by atoms with Crippen LogP contribution in [0.15, 0.2) is 241 Å². The highest BCUT2D eigenvalue weighted by Gasteiger charge is 2.17. The largest absolute Gasteiger partial charge is 0.456 e. The summed E-state index contributed by atoms with van der Waals surface area (Å²) in [6, 6.07) is 84.8. The molecule has 0 amide bonds. The lowest BCUT2D eigenvalue weighted by Gasteiger charge is -2.26. The highest BCUT2D eigenvalue weighted by atomic mass is 16.3. The number of hydrogen-bond donors (Lipinski definition) is 0. The van der Waals surface area contributed by atoms with Gasteiger partial charge in [-0.15, -0.1) is 0 Å². The number of para-hydroxylation sites is 1. The van der Waals surface area contributed by atoms with Gasteiger partial charge in [-0.3, -0.25) is 0 Å². The van der Waals surface area contributed by atoms with Gasteiger partial charge in [0, 0.05) is 33.9 Å². The summed E-state index contributed by atoms with van der Waals surface area (Å²) >= 11 is 0. The summed E-state index contributed by atoms with van der Waals surface area (Å²) in [6.45, 7) is 0. The van der Waals surface area contributed by atoms with Crippen molar-refractivity contribution in [1.82, 2.24) is 0 Å². The van der Waals surface area contributed by atoms with Crippen LogP contribution in [0.1, 0.15) is 0 Å². The summed E-state index contributed by atoms with van der Waals surface area (Å²) in [5.41, 5.74) is 17.0. The maximum Gasteiger partial charge on any atom is 0.137 e. The summed E-state index contributed by atoms with van der Waals surface area (Å²) in [7, 11) is 0. The summed E-state index contributed by atoms with van der Waals surface area (Å²) in [6.07, 6.45) is 0. The van der Waals surface area contributed by atoms with Crippen molar-refractivity contribution in [2.45, 2.75) is 0 Å². The molecule has 0 aliphatic heterocycles. The van der Waals surface area contributed by atoms with E-state index in [4.69, 9.17) is 4.42 Å². The number of rotatable bonds is 8. The highest BCUT2D eigenvalue weighted by molar-refractivity contribution is 6.07. The molecule has 11 aromatic rings. The molecule has 0 spiro atoms. The number of anilines is 3. The Balaban J connectivity index is 0.967. The van der Waals surface area contributed by atoms with Crippen LogP contribution in [0.2, 0.25) is 0 Å². The second-order valence-corrected chi connectivity index (χ2v) is 15.3. The van der Waals surface area contributed by atoms with Gasteiger partial charge in [0.25, 0.3) is 0 Å². The molecule has 0 saturated carbocycles. The topological polar surface area (TPSA) is 16.4 Å². The lowest BCUT2D eigenvalue weighted by Crippen LogP contribution is -2.09. The first-order chi connectivity index (χ1) is 29.7. The number of hydrogen-bond acceptors (Lipinski definition) is 2. The molecule has 2 nitrogen and oxygen atoms in total. The lowest BCUT2D eigenvalue weighted by molar-refractivity contribution is 0.669. The minimum atomic E-state index is 0.866. The van der Waals surface area contributed by atoms with E-state index in [1.54, 1.807) is 0 Å². The number of fused-ring (bicyclic) bond motifs is 4. The molecule has 0 aliphatic rings. The number of benzene rings is 10. The van der Waals surface area contributed by atoms with Crippen LogP contribution < -0.4 is 4.90 Å². The third kappa shape index (κ3) is 6.41. The fraction of sp³-hybridized carbons (Fsp3) is 0. The average Bonchev–Trinajstić information content (AvgIpc) is 3.70. The van der Waals surface area contributed by atoms with E-state index in [-0.39, 0.29) is 0 Å². The van der Waals surface area contributed by atoms with Gasteiger partial charge in [0.15, 0.2) is 0 Å². The fourth-order valence-corrected chi connectivity index (χ4v) is 8.78. The minimum Gasteiger partial charge on any atom is -0.456 e. The molecular weight excluding hydrogens is 727 g/mol. The van der Waals surface area contributed by atoms with Crippen molar-refractivity contribution in [3.8, 4) is 55.6 Å². The van der Waals surface area contributed by atoms with Crippen LogP contribution in [0.25, 0.3) is 88.3 Å². The van der Waals surface area contributed by atoms with Crippen molar-refractivity contribution < 1.29 is 4.42 Å². The minimum absolute atomic E-state index is 0.866. The van der Waals surface area contributed by atoms with Gasteiger partial charge in [-0.25, -0.2) is 0 Å². The molecule has 11 rings (SSSR count). The Morgan fingerprint density at radius 2 is 0.683 bits per heavy atom. The van der Waals surface area contributed by atoms with Crippen LogP contribution in [0.3, 0.4) is 0 Å². The van der Waals surface area contributed by atoms with Gasteiger partial charge in [0.05, 0.1) is 0 Å². The van der Waals surface area contributed by atoms with Crippen molar-refractivity contribution >= 4 is 49.8 Å². The standard InChI is InChI=1S/C58H39NO/c1-3-13-42(14-4-1)50-19-7-8-20-51(50)44-27-25-40(26-28-44)41-29-33-47(34-30-41)59(49-37-38-55-54-21-9-10-24-56(54)60-57(55)39-49)48-35-31-45(32-36-48)53-23-12-18-46-17-11-22-52(58(46)53)43-15-5-2-6-16-43/h1-39H. The van der Waals surface area contributed by atoms with Gasteiger partial charge in [-0.2, -0.15) is 0 Å². The fourth-order valence-electron chi connectivity index (χ4n) is 8.78. The van der Waals surface area contributed by atoms with Crippen molar-refractivity contribution in [1.29, 1.82) is 0 Å². The lowest BCUT2D eigenvalue weighted by atomic mass is 9.91. The second-order valence-electron chi connectivity index (χ2n) is 15.3. The maximum atomic E-state index is 6.40. The van der Waals surface area contributed by atoms with Gasteiger partial charge in [0.1, 0.15) is 11.2 Å². The third-order valence-electron chi connectivity index (χ3n) is 11.7. The molecule has 10 aromatic carbocycles. The molecule has 1 heterocycles. The number of furan rings is 1. The van der Waals surface area contributed by atoms with E-state index in [1.165, 1.54) is 60.8 Å². The molecule has 0 N–H and O–H groups in total. The zero-order valence-corrected chi connectivity index (χ0v) is 32.9. The molecule has 1 aromatic heterocycles. The van der Waals surface area contributed by atoms with Crippen molar-refractivity contribution in [3.63, 3.8) is 0 Å². The zero-order valence-electron chi connectivity index (χ0n) is 32.9. The van der Waals surface area contributed by atoms with Crippen LogP contribution in [-0.4, -0.2) is 0 Å². The van der Waals surface area contributed by atoms with Crippen molar-refractivity contribution in [3.05, 3.63) is 237 Å². The first-order valence-electron chi connectivity index (χ1n) is 20.5. The van der Waals surface area contributed by atoms with Crippen LogP contribution in [0.5, 0.6) is 0 Å². The highest BCUT2D eigenvalue weighted by Crippen LogP contribution is 2.42. The van der Waals surface area contributed by atoms with Crippen LogP contribution in [-0.2, 0) is 0 Å². The molecular formula is C58H39NO. The first-order valence-corrected chi connectivity index (χ1v) is 20.5. The molecule has 2 heteroatoms. The molecule has 0 atom stereocenters. The van der Waals surface area contributed by atoms with Crippen molar-refractivity contribution in [2.75, 3.05) is 4.90 Å². The van der Waals surface area contributed by atoms with E-state index in [9.17, 15) is 0 Å². The third-order valence-corrected chi connectivity index (χ3v) is 11.7. The van der Waals surface area contributed by atoms with Gasteiger partial charge < -0.3 is 9.32 Å². The van der Waals surface area contributed by atoms with Crippen molar-refractivity contribution in [2.24, 2.45) is 0 Å². The zero-order chi connectivity index (χ0) is 39.8. The van der Waals surface area contributed by atoms with Crippen LogP contribution in [0.4, 0.5) is 17.1 Å². The molecule has 0 bridgehead atoms. The Bertz CT molecular complexity index is 3270. The Kier molecular flexibility index (Phi) is 8.87. The summed E-state index contributed by atoms with van der Waals surface area (Å²) in [5, 5.41) is 4.72. The Morgan fingerprint density at radius 3 is 1.30 bits per heavy atom. The number of nitrogens with zero attached hydrogens (tertiary/aromatic N) is 1. The molecule has 0 aliphatic carbocycles. The van der Waals surface area contributed by atoms with Gasteiger partial charge in [0.2, 0.25) is 0 Å². The van der Waals surface area contributed by atoms with Gasteiger partial charge in [-0.05, 0) is 109 Å². The summed E-state index contributed by atoms with van der Waals surface area (Å²) in [4.78, 5) is 2.32. The Labute approximate surface area is 349 Å². The SMILES string of the molecule is c1ccc(-c2ccccc2-c2ccc(-c3ccc(N(c4ccc(-c5cccc6cccc(-c7ccccc7)c56)cc4)c4ccc5c(c4)oc4ccccc45)cc3)cc2)cc1. The van der Waals surface area contributed by atoms with E-state index >= 15 is 0 Å². The summed E-state index contributed by atoms with van der Waals surface area (Å²) in [5.74, 6) is 0. The molecule has 0 radical (unpaired) electrons. The molecule has 60 heavy (non-hydrogen) atoms. The Hall–Kier alpha value is -7.94. The predicted octanol–water partition coefficient (Wildman–Crippen LogP) is 16.5. The molecule has 0 saturated heterocycles. The second kappa shape index (κ2) is 15.1. The van der Waals surface area contributed by atoms with E-state index in [2.05, 4.69) is 229 Å². The van der Waals surface area contributed by atoms with E-state index < -0.39 is 0 Å². The van der Waals surface area contributed by atoms with Crippen LogP contribution >= 0.6 is 0 Å². The van der Waals surface area contributed by atoms with E-state index in [0.717, 1.165) is 44.6 Å². The van der Waals surface area contributed by atoms with E-state index in [1.807, 2.05) is 12.1 Å².